The predicted octanol–water partition coefficient (Wildman–Crippen LogP) is 2.98. The average Bonchev–Trinajstić information content (AvgIpc) is 3.11. The van der Waals surface area contributed by atoms with Crippen LogP contribution in [0.15, 0.2) is 24.3 Å². The maximum absolute atomic E-state index is 12.2. The lowest BCUT2D eigenvalue weighted by molar-refractivity contribution is 0.194. The van der Waals surface area contributed by atoms with E-state index >= 15 is 0 Å². The second-order valence-corrected chi connectivity index (χ2v) is 7.87. The van der Waals surface area contributed by atoms with Gasteiger partial charge in [0.2, 0.25) is 0 Å². The first-order chi connectivity index (χ1) is 14.5. The number of amides is 2. The molecule has 1 aliphatic heterocycles. The minimum absolute atomic E-state index is 0.0103. The maximum Gasteiger partial charge on any atom is 0.317 e. The molecule has 2 amide bonds. The van der Waals surface area contributed by atoms with Crippen molar-refractivity contribution in [2.24, 2.45) is 0 Å². The van der Waals surface area contributed by atoms with E-state index in [4.69, 9.17) is 5.10 Å². The molecular weight excluding hydrogens is 378 g/mol. The number of aryl methyl sites for hydroxylation is 3. The van der Waals surface area contributed by atoms with Crippen LogP contribution in [0.4, 0.5) is 10.6 Å². The summed E-state index contributed by atoms with van der Waals surface area (Å²) >= 11 is 0. The number of aromatic nitrogens is 4. The molecule has 1 aliphatic rings. The highest BCUT2D eigenvalue weighted by Crippen LogP contribution is 2.29. The zero-order chi connectivity index (χ0) is 21.3. The van der Waals surface area contributed by atoms with E-state index in [1.807, 2.05) is 16.5 Å². The number of benzene rings is 1. The molecule has 158 valence electrons. The lowest BCUT2D eigenvalue weighted by Crippen LogP contribution is -2.52. The number of nitrogens with one attached hydrogen (secondary N) is 1. The van der Waals surface area contributed by atoms with E-state index in [1.165, 1.54) is 5.56 Å². The first kappa shape index (κ1) is 20.1. The van der Waals surface area contributed by atoms with Crippen LogP contribution in [-0.2, 0) is 0 Å². The Hall–Kier alpha value is -3.16. The highest BCUT2D eigenvalue weighted by Gasteiger charge is 2.25. The largest absolute Gasteiger partial charge is 0.350 e. The van der Waals surface area contributed by atoms with E-state index in [1.54, 1.807) is 0 Å². The number of hydrogen-bond donors (Lipinski definition) is 1. The molecule has 0 bridgehead atoms. The Morgan fingerprint density at radius 3 is 2.40 bits per heavy atom. The van der Waals surface area contributed by atoms with Crippen molar-refractivity contribution in [3.63, 3.8) is 0 Å². The number of fused-ring (bicyclic) bond motifs is 1. The van der Waals surface area contributed by atoms with E-state index in [9.17, 15) is 4.79 Å². The van der Waals surface area contributed by atoms with Crippen LogP contribution in [0.1, 0.15) is 30.3 Å². The molecule has 8 heteroatoms. The molecule has 8 nitrogen and oxygen atoms in total. The summed E-state index contributed by atoms with van der Waals surface area (Å²) in [6.45, 7) is 11.6. The topological polar surface area (TPSA) is 79.2 Å². The lowest BCUT2D eigenvalue weighted by atomic mass is 10.2. The van der Waals surface area contributed by atoms with Crippen molar-refractivity contribution in [3.8, 4) is 5.69 Å². The van der Waals surface area contributed by atoms with Gasteiger partial charge in [0, 0.05) is 32.7 Å². The van der Waals surface area contributed by atoms with Crippen LogP contribution >= 0.6 is 0 Å². The molecule has 0 unspecified atom stereocenters. The first-order valence-corrected chi connectivity index (χ1v) is 10.6. The van der Waals surface area contributed by atoms with Gasteiger partial charge < -0.3 is 15.1 Å². The monoisotopic (exact) mass is 407 g/mol. The molecular formula is C22H29N7O. The molecule has 1 N–H and O–H groups in total. The van der Waals surface area contributed by atoms with Gasteiger partial charge in [0.1, 0.15) is 5.52 Å². The highest BCUT2D eigenvalue weighted by atomic mass is 16.2. The Balaban J connectivity index is 1.63. The van der Waals surface area contributed by atoms with Gasteiger partial charge in [-0.1, -0.05) is 24.6 Å². The molecule has 1 saturated heterocycles. The number of piperazine rings is 1. The third-order valence-corrected chi connectivity index (χ3v) is 5.66. The molecule has 3 heterocycles. The van der Waals surface area contributed by atoms with Gasteiger partial charge in [-0.15, -0.1) is 5.10 Å². The van der Waals surface area contributed by atoms with E-state index in [-0.39, 0.29) is 6.03 Å². The average molecular weight is 408 g/mol. The molecule has 3 aromatic rings. The zero-order valence-corrected chi connectivity index (χ0v) is 18.1. The number of hydrogen-bond acceptors (Lipinski definition) is 5. The maximum atomic E-state index is 12.2. The third-order valence-electron chi connectivity index (χ3n) is 5.66. The number of anilines is 1. The summed E-state index contributed by atoms with van der Waals surface area (Å²) in [5, 5.41) is 17.8. The summed E-state index contributed by atoms with van der Waals surface area (Å²) in [6.07, 6.45) is 0.936. The van der Waals surface area contributed by atoms with Gasteiger partial charge >= 0.3 is 6.03 Å². The number of carbonyl (C=O) groups excluding carboxylic acids is 1. The number of nitrogens with zero attached hydrogens (tertiary/aromatic N) is 6. The van der Waals surface area contributed by atoms with E-state index in [0.717, 1.165) is 40.2 Å². The molecule has 0 atom stereocenters. The highest BCUT2D eigenvalue weighted by molar-refractivity contribution is 5.92. The first-order valence-electron chi connectivity index (χ1n) is 10.6. The summed E-state index contributed by atoms with van der Waals surface area (Å²) in [5.41, 5.74) is 5.04. The Labute approximate surface area is 176 Å². The minimum Gasteiger partial charge on any atom is -0.350 e. The molecule has 0 aliphatic carbocycles. The Kier molecular flexibility index (Phi) is 5.57. The lowest BCUT2D eigenvalue weighted by Gasteiger charge is -2.35. The summed E-state index contributed by atoms with van der Waals surface area (Å²) in [7, 11) is 0. The fourth-order valence-corrected chi connectivity index (χ4v) is 3.93. The molecule has 1 fully saturated rings. The molecule has 1 aromatic carbocycles. The van der Waals surface area contributed by atoms with Crippen molar-refractivity contribution in [1.29, 1.82) is 0 Å². The molecule has 0 saturated carbocycles. The van der Waals surface area contributed by atoms with Gasteiger partial charge in [0.05, 0.1) is 22.5 Å². The number of rotatable bonds is 4. The molecule has 0 spiro atoms. The standard InChI is InChI=1S/C22H29N7O/c1-5-10-23-22(30)28-13-11-27(12-14-28)21-20-19(16(3)24-25-21)17(4)29(26-20)18-8-6-15(2)7-9-18/h6-9H,5,10-14H2,1-4H3,(H,23,30). The Morgan fingerprint density at radius 2 is 1.73 bits per heavy atom. The number of carbonyl (C=O) groups is 1. The van der Waals surface area contributed by atoms with Crippen LogP contribution in [0.3, 0.4) is 0 Å². The minimum atomic E-state index is 0.0103. The second-order valence-electron chi connectivity index (χ2n) is 7.87. The molecule has 4 rings (SSSR count). The molecule has 0 radical (unpaired) electrons. The summed E-state index contributed by atoms with van der Waals surface area (Å²) in [4.78, 5) is 16.3. The predicted molar refractivity (Wildman–Crippen MR) is 118 cm³/mol. The van der Waals surface area contributed by atoms with Crippen molar-refractivity contribution in [1.82, 2.24) is 30.2 Å². The fourth-order valence-electron chi connectivity index (χ4n) is 3.93. The van der Waals surface area contributed by atoms with Crippen LogP contribution in [-0.4, -0.2) is 63.6 Å². The number of urea groups is 1. The van der Waals surface area contributed by atoms with Gasteiger partial charge in [-0.25, -0.2) is 9.48 Å². The fraction of sp³-hybridized carbons (Fsp3) is 0.455. The third kappa shape index (κ3) is 3.69. The van der Waals surface area contributed by atoms with Crippen LogP contribution < -0.4 is 10.2 Å². The normalized spacial score (nSPS) is 14.4. The van der Waals surface area contributed by atoms with Crippen molar-refractivity contribution in [2.75, 3.05) is 37.6 Å². The van der Waals surface area contributed by atoms with Crippen LogP contribution in [0.25, 0.3) is 16.6 Å². The van der Waals surface area contributed by atoms with Gasteiger partial charge in [0.25, 0.3) is 0 Å². The van der Waals surface area contributed by atoms with Gasteiger partial charge in [0.15, 0.2) is 5.82 Å². The smallest absolute Gasteiger partial charge is 0.317 e. The second kappa shape index (κ2) is 8.30. The van der Waals surface area contributed by atoms with Crippen LogP contribution in [0.5, 0.6) is 0 Å². The van der Waals surface area contributed by atoms with Crippen molar-refractivity contribution < 1.29 is 4.79 Å². The summed E-state index contributed by atoms with van der Waals surface area (Å²) in [5.74, 6) is 0.790. The molecule has 30 heavy (non-hydrogen) atoms. The Morgan fingerprint density at radius 1 is 1.03 bits per heavy atom. The van der Waals surface area contributed by atoms with Crippen molar-refractivity contribution >= 4 is 22.8 Å². The van der Waals surface area contributed by atoms with E-state index < -0.39 is 0 Å². The van der Waals surface area contributed by atoms with E-state index in [0.29, 0.717) is 32.7 Å². The van der Waals surface area contributed by atoms with Crippen molar-refractivity contribution in [2.45, 2.75) is 34.1 Å². The summed E-state index contributed by atoms with van der Waals surface area (Å²) < 4.78 is 1.97. The van der Waals surface area contributed by atoms with Gasteiger partial charge in [-0.05, 0) is 39.3 Å². The summed E-state index contributed by atoms with van der Waals surface area (Å²) in [6, 6.07) is 8.36. The van der Waals surface area contributed by atoms with Crippen LogP contribution in [0.2, 0.25) is 0 Å². The molecule has 2 aromatic heterocycles. The Bertz CT molecular complexity index is 1050. The van der Waals surface area contributed by atoms with E-state index in [2.05, 4.69) is 65.5 Å². The van der Waals surface area contributed by atoms with Gasteiger partial charge in [-0.3, -0.25) is 0 Å². The zero-order valence-electron chi connectivity index (χ0n) is 18.1. The SMILES string of the molecule is CCCNC(=O)N1CCN(c2nnc(C)c3c(C)n(-c4ccc(C)cc4)nc23)CC1. The van der Waals surface area contributed by atoms with Gasteiger partial charge in [-0.2, -0.15) is 10.2 Å². The van der Waals surface area contributed by atoms with Crippen LogP contribution in [0, 0.1) is 20.8 Å². The van der Waals surface area contributed by atoms with Crippen molar-refractivity contribution in [3.05, 3.63) is 41.2 Å². The quantitative estimate of drug-likeness (QED) is 0.719.